The van der Waals surface area contributed by atoms with E-state index in [9.17, 15) is 9.59 Å². The molecule has 0 spiro atoms. The van der Waals surface area contributed by atoms with Crippen molar-refractivity contribution in [3.05, 3.63) is 64.4 Å². The number of fused-ring (bicyclic) bond motifs is 3. The zero-order chi connectivity index (χ0) is 22.0. The number of nitrogens with one attached hydrogen (secondary N) is 2. The maximum absolute atomic E-state index is 12.9. The minimum atomic E-state index is -0.207. The highest BCUT2D eigenvalue weighted by Gasteiger charge is 2.16. The Morgan fingerprint density at radius 2 is 1.97 bits per heavy atom. The number of thioether (sulfide) groups is 1. The van der Waals surface area contributed by atoms with Gasteiger partial charge in [-0.25, -0.2) is 4.98 Å². The van der Waals surface area contributed by atoms with Crippen molar-refractivity contribution in [1.82, 2.24) is 14.5 Å². The quantitative estimate of drug-likeness (QED) is 0.140. The number of amides is 1. The molecule has 0 saturated carbocycles. The molecule has 2 aromatic carbocycles. The Labute approximate surface area is 182 Å². The molecule has 31 heavy (non-hydrogen) atoms. The summed E-state index contributed by atoms with van der Waals surface area (Å²) in [6, 6.07) is 14.6. The van der Waals surface area contributed by atoms with Crippen LogP contribution in [0.1, 0.15) is 19.4 Å². The third-order valence-electron chi connectivity index (χ3n) is 4.96. The van der Waals surface area contributed by atoms with Crippen molar-refractivity contribution < 1.29 is 10.0 Å². The molecule has 0 radical (unpaired) electrons. The zero-order valence-electron chi connectivity index (χ0n) is 17.0. The van der Waals surface area contributed by atoms with Gasteiger partial charge in [-0.3, -0.25) is 14.2 Å². The summed E-state index contributed by atoms with van der Waals surface area (Å²) >= 11 is 1.23. The van der Waals surface area contributed by atoms with Crippen LogP contribution in [0.5, 0.6) is 0 Å². The topological polar surface area (TPSA) is 112 Å². The monoisotopic (exact) mass is 435 g/mol. The number of rotatable bonds is 6. The molecule has 3 N–H and O–H groups in total. The van der Waals surface area contributed by atoms with Gasteiger partial charge in [-0.1, -0.05) is 47.2 Å². The largest absolute Gasteiger partial charge is 0.411 e. The summed E-state index contributed by atoms with van der Waals surface area (Å²) in [5, 5.41) is 16.2. The highest BCUT2D eigenvalue weighted by Crippen LogP contribution is 2.24. The summed E-state index contributed by atoms with van der Waals surface area (Å²) in [4.78, 5) is 33.2. The molecular formula is C22H21N5O3S. The average Bonchev–Trinajstić information content (AvgIpc) is 3.17. The minimum Gasteiger partial charge on any atom is -0.411 e. The first kappa shape index (κ1) is 20.7. The average molecular weight is 436 g/mol. The molecule has 2 aromatic heterocycles. The number of nitrogens with zero attached hydrogens (tertiary/aromatic N) is 3. The van der Waals surface area contributed by atoms with Gasteiger partial charge in [0.2, 0.25) is 5.91 Å². The van der Waals surface area contributed by atoms with Gasteiger partial charge in [0.05, 0.1) is 11.5 Å². The second-order valence-corrected chi connectivity index (χ2v) is 7.88. The molecule has 0 aliphatic heterocycles. The Morgan fingerprint density at radius 1 is 1.23 bits per heavy atom. The van der Waals surface area contributed by atoms with Gasteiger partial charge in [0.15, 0.2) is 5.16 Å². The molecule has 8 nitrogen and oxygen atoms in total. The van der Waals surface area contributed by atoms with Gasteiger partial charge in [-0.15, -0.1) is 0 Å². The van der Waals surface area contributed by atoms with Gasteiger partial charge >= 0.3 is 0 Å². The molecule has 4 rings (SSSR count). The second-order valence-electron chi connectivity index (χ2n) is 6.94. The number of para-hydroxylation sites is 1. The number of aromatic amines is 1. The van der Waals surface area contributed by atoms with Crippen LogP contribution in [0.2, 0.25) is 0 Å². The van der Waals surface area contributed by atoms with E-state index in [4.69, 9.17) is 10.2 Å². The van der Waals surface area contributed by atoms with Crippen LogP contribution in [0.4, 0.5) is 5.69 Å². The Kier molecular flexibility index (Phi) is 5.77. The fourth-order valence-electron chi connectivity index (χ4n) is 3.34. The number of carbonyl (C=O) groups is 1. The van der Waals surface area contributed by atoms with Gasteiger partial charge in [0.25, 0.3) is 5.56 Å². The Hall–Kier alpha value is -3.59. The molecule has 0 atom stereocenters. The third-order valence-corrected chi connectivity index (χ3v) is 5.94. The molecule has 0 unspecified atom stereocenters. The molecular weight excluding hydrogens is 414 g/mol. The smallest absolute Gasteiger partial charge is 0.278 e. The summed E-state index contributed by atoms with van der Waals surface area (Å²) in [7, 11) is 0. The number of benzene rings is 2. The van der Waals surface area contributed by atoms with Gasteiger partial charge in [0.1, 0.15) is 11.0 Å². The Balaban J connectivity index is 1.55. The van der Waals surface area contributed by atoms with Crippen molar-refractivity contribution in [2.24, 2.45) is 5.16 Å². The molecule has 0 aliphatic rings. The van der Waals surface area contributed by atoms with Crippen LogP contribution in [0.3, 0.4) is 0 Å². The first-order chi connectivity index (χ1) is 15.0. The van der Waals surface area contributed by atoms with E-state index in [2.05, 4.69) is 15.5 Å². The van der Waals surface area contributed by atoms with E-state index in [0.29, 0.717) is 34.1 Å². The maximum Gasteiger partial charge on any atom is 0.278 e. The van der Waals surface area contributed by atoms with Crippen LogP contribution < -0.4 is 10.9 Å². The fraction of sp³-hybridized carbons (Fsp3) is 0.182. The molecule has 9 heteroatoms. The van der Waals surface area contributed by atoms with E-state index in [-0.39, 0.29) is 17.2 Å². The van der Waals surface area contributed by atoms with Crippen LogP contribution in [0, 0.1) is 0 Å². The lowest BCUT2D eigenvalue weighted by Crippen LogP contribution is -2.23. The number of H-pyrrole nitrogens is 1. The van der Waals surface area contributed by atoms with Gasteiger partial charge in [0, 0.05) is 23.1 Å². The first-order valence-electron chi connectivity index (χ1n) is 9.74. The minimum absolute atomic E-state index is 0.110. The molecule has 0 saturated heterocycles. The fourth-order valence-corrected chi connectivity index (χ4v) is 4.20. The van der Waals surface area contributed by atoms with E-state index in [1.807, 2.05) is 31.2 Å². The van der Waals surface area contributed by atoms with Crippen molar-refractivity contribution in [2.45, 2.75) is 25.5 Å². The molecule has 4 aromatic rings. The predicted octanol–water partition coefficient (Wildman–Crippen LogP) is 3.83. The summed E-state index contributed by atoms with van der Waals surface area (Å²) in [5.41, 5.74) is 3.68. The lowest BCUT2D eigenvalue weighted by atomic mass is 10.1. The van der Waals surface area contributed by atoms with Crippen LogP contribution in [0.15, 0.2) is 63.6 Å². The van der Waals surface area contributed by atoms with Crippen LogP contribution in [0.25, 0.3) is 21.9 Å². The van der Waals surface area contributed by atoms with E-state index >= 15 is 0 Å². The van der Waals surface area contributed by atoms with Crippen molar-refractivity contribution in [2.75, 3.05) is 11.1 Å². The van der Waals surface area contributed by atoms with Gasteiger partial charge in [-0.2, -0.15) is 0 Å². The second kappa shape index (κ2) is 8.65. The highest BCUT2D eigenvalue weighted by molar-refractivity contribution is 7.99. The van der Waals surface area contributed by atoms with Crippen molar-refractivity contribution >= 4 is 51.0 Å². The van der Waals surface area contributed by atoms with Gasteiger partial charge < -0.3 is 15.5 Å². The number of aromatic nitrogens is 3. The predicted molar refractivity (Wildman–Crippen MR) is 123 cm³/mol. The standard InChI is InChI=1S/C22H21N5O3S/c1-3-27-21(29)20-19(16-6-4-5-7-17(16)24-20)25-22(27)31-12-18(28)23-15-10-8-14(9-11-15)13(2)26-30/h4-11,24,30H,3,12H2,1-2H3,(H,23,28)/b26-13+. The number of carbonyl (C=O) groups excluding carboxylic acids is 1. The molecule has 2 heterocycles. The normalized spacial score (nSPS) is 11.9. The highest BCUT2D eigenvalue weighted by atomic mass is 32.2. The summed E-state index contributed by atoms with van der Waals surface area (Å²) < 4.78 is 1.57. The SMILES string of the molecule is CCn1c(SCC(=O)Nc2ccc(/C(C)=N/O)cc2)nc2c([nH]c3ccccc32)c1=O. The van der Waals surface area contributed by atoms with Crippen LogP contribution >= 0.6 is 11.8 Å². The van der Waals surface area contributed by atoms with Crippen molar-refractivity contribution in [3.8, 4) is 0 Å². The van der Waals surface area contributed by atoms with Crippen molar-refractivity contribution in [3.63, 3.8) is 0 Å². The number of hydrogen-bond donors (Lipinski definition) is 3. The molecule has 0 aliphatic carbocycles. The zero-order valence-corrected chi connectivity index (χ0v) is 17.9. The molecule has 158 valence electrons. The number of oxime groups is 1. The molecule has 0 bridgehead atoms. The van der Waals surface area contributed by atoms with Crippen LogP contribution in [-0.4, -0.2) is 37.1 Å². The Bertz CT molecular complexity index is 1360. The first-order valence-corrected chi connectivity index (χ1v) is 10.7. The summed E-state index contributed by atoms with van der Waals surface area (Å²) in [6.07, 6.45) is 0. The third kappa shape index (κ3) is 4.04. The Morgan fingerprint density at radius 3 is 2.68 bits per heavy atom. The van der Waals surface area contributed by atoms with E-state index in [1.165, 1.54) is 11.8 Å². The lowest BCUT2D eigenvalue weighted by Gasteiger charge is -2.10. The van der Waals surface area contributed by atoms with E-state index < -0.39 is 0 Å². The maximum atomic E-state index is 12.9. The van der Waals surface area contributed by atoms with Crippen LogP contribution in [-0.2, 0) is 11.3 Å². The number of hydrogen-bond acceptors (Lipinski definition) is 6. The summed E-state index contributed by atoms with van der Waals surface area (Å²) in [6.45, 7) is 4.02. The van der Waals surface area contributed by atoms with E-state index in [1.54, 1.807) is 35.8 Å². The number of anilines is 1. The summed E-state index contributed by atoms with van der Waals surface area (Å²) in [5.74, 6) is -0.0969. The lowest BCUT2D eigenvalue weighted by molar-refractivity contribution is -0.113. The molecule has 1 amide bonds. The van der Waals surface area contributed by atoms with Gasteiger partial charge in [-0.05, 0) is 37.6 Å². The van der Waals surface area contributed by atoms with E-state index in [0.717, 1.165) is 16.5 Å². The van der Waals surface area contributed by atoms with Crippen molar-refractivity contribution in [1.29, 1.82) is 0 Å². The molecule has 0 fully saturated rings.